The molecular formula is C17H23N3O3S2. The van der Waals surface area contributed by atoms with Crippen LogP contribution < -0.4 is 0 Å². The van der Waals surface area contributed by atoms with Crippen LogP contribution in [0.4, 0.5) is 0 Å². The van der Waals surface area contributed by atoms with Crippen LogP contribution in [0.5, 0.6) is 0 Å². The largest absolute Gasteiger partial charge is 0.414 e. The molecule has 0 bridgehead atoms. The zero-order chi connectivity index (χ0) is 17.9. The van der Waals surface area contributed by atoms with Crippen molar-refractivity contribution in [2.24, 2.45) is 5.92 Å². The Morgan fingerprint density at radius 3 is 2.76 bits per heavy atom. The van der Waals surface area contributed by atoms with Crippen molar-refractivity contribution in [3.05, 3.63) is 46.6 Å². The molecule has 0 aliphatic carbocycles. The van der Waals surface area contributed by atoms with Crippen molar-refractivity contribution >= 4 is 22.1 Å². The van der Waals surface area contributed by atoms with Crippen molar-refractivity contribution in [3.8, 4) is 0 Å². The lowest BCUT2D eigenvalue weighted by atomic mass is 10.1. The Labute approximate surface area is 153 Å². The van der Waals surface area contributed by atoms with Gasteiger partial charge in [-0.2, -0.15) is 0 Å². The van der Waals surface area contributed by atoms with Crippen molar-refractivity contribution in [3.63, 3.8) is 0 Å². The predicted octanol–water partition coefficient (Wildman–Crippen LogP) is 2.66. The van der Waals surface area contributed by atoms with E-state index < -0.39 is 9.84 Å². The molecule has 2 heterocycles. The second-order valence-corrected chi connectivity index (χ2v) is 9.08. The van der Waals surface area contributed by atoms with Crippen LogP contribution in [0.15, 0.2) is 34.7 Å². The van der Waals surface area contributed by atoms with E-state index in [2.05, 4.69) is 29.1 Å². The number of rotatable bonds is 7. The van der Waals surface area contributed by atoms with E-state index in [9.17, 15) is 8.42 Å². The molecule has 0 N–H and O–H groups in total. The first kappa shape index (κ1) is 18.3. The molecule has 6 nitrogen and oxygen atoms in total. The normalized spacial score (nSPS) is 19.5. The number of nitrogens with zero attached hydrogens (tertiary/aromatic N) is 3. The van der Waals surface area contributed by atoms with E-state index in [0.717, 1.165) is 13.1 Å². The molecular weight excluding hydrogens is 358 g/mol. The van der Waals surface area contributed by atoms with Gasteiger partial charge in [0.05, 0.1) is 18.2 Å². The van der Waals surface area contributed by atoms with E-state index in [0.29, 0.717) is 30.2 Å². The van der Waals surface area contributed by atoms with Crippen LogP contribution in [-0.2, 0) is 29.5 Å². The fraction of sp³-hybridized carbons (Fsp3) is 0.529. The van der Waals surface area contributed by atoms with Crippen LogP contribution >= 0.6 is 12.2 Å². The fourth-order valence-electron chi connectivity index (χ4n) is 3.09. The molecule has 1 atom stereocenters. The third kappa shape index (κ3) is 4.99. The summed E-state index contributed by atoms with van der Waals surface area (Å²) >= 11 is 5.28. The third-order valence-electron chi connectivity index (χ3n) is 4.47. The third-order valence-corrected chi connectivity index (χ3v) is 6.60. The summed E-state index contributed by atoms with van der Waals surface area (Å²) in [5.74, 6) is 1.10. The van der Waals surface area contributed by atoms with E-state index in [-0.39, 0.29) is 17.4 Å². The molecule has 1 aliphatic heterocycles. The van der Waals surface area contributed by atoms with Gasteiger partial charge in [0.2, 0.25) is 5.89 Å². The molecule has 1 fully saturated rings. The molecule has 1 saturated heterocycles. The first-order chi connectivity index (χ1) is 11.9. The monoisotopic (exact) mass is 381 g/mol. The minimum absolute atomic E-state index is 0.0816. The quantitative estimate of drug-likeness (QED) is 0.687. The SMILES string of the molecule is CCN(Cc1ccccc1)Cn1nc(C[C@@H]2CCS(=O)(=O)C2)oc1=S. The zero-order valence-electron chi connectivity index (χ0n) is 14.3. The molecule has 0 spiro atoms. The minimum atomic E-state index is -2.89. The van der Waals surface area contributed by atoms with Gasteiger partial charge in [-0.15, -0.1) is 5.10 Å². The lowest BCUT2D eigenvalue weighted by molar-refractivity contribution is 0.205. The molecule has 2 aromatic rings. The van der Waals surface area contributed by atoms with Gasteiger partial charge in [-0.25, -0.2) is 13.1 Å². The van der Waals surface area contributed by atoms with Gasteiger partial charge < -0.3 is 4.42 Å². The van der Waals surface area contributed by atoms with Crippen LogP contribution in [0.25, 0.3) is 0 Å². The highest BCUT2D eigenvalue weighted by molar-refractivity contribution is 7.91. The van der Waals surface area contributed by atoms with E-state index in [1.54, 1.807) is 4.68 Å². The standard InChI is InChI=1S/C17H23N3O3S2/c1-2-19(11-14-6-4-3-5-7-14)13-20-17(24)23-16(18-20)10-15-8-9-25(21,22)12-15/h3-7,15H,2,8-13H2,1H3/t15-/m0/s1. The smallest absolute Gasteiger partial charge is 0.288 e. The average Bonchev–Trinajstić information content (AvgIpc) is 3.09. The maximum Gasteiger partial charge on any atom is 0.288 e. The van der Waals surface area contributed by atoms with E-state index in [1.807, 2.05) is 18.2 Å². The Kier molecular flexibility index (Phi) is 5.71. The Morgan fingerprint density at radius 2 is 2.12 bits per heavy atom. The molecule has 0 unspecified atom stereocenters. The van der Waals surface area contributed by atoms with Gasteiger partial charge in [0.1, 0.15) is 0 Å². The van der Waals surface area contributed by atoms with Crippen LogP contribution in [0.3, 0.4) is 0 Å². The number of hydrogen-bond donors (Lipinski definition) is 0. The lowest BCUT2D eigenvalue weighted by Gasteiger charge is -2.19. The highest BCUT2D eigenvalue weighted by Gasteiger charge is 2.29. The minimum Gasteiger partial charge on any atom is -0.414 e. The molecule has 25 heavy (non-hydrogen) atoms. The maximum absolute atomic E-state index is 11.6. The van der Waals surface area contributed by atoms with Crippen molar-refractivity contribution in [1.29, 1.82) is 0 Å². The van der Waals surface area contributed by atoms with Crippen molar-refractivity contribution in [1.82, 2.24) is 14.7 Å². The summed E-state index contributed by atoms with van der Waals surface area (Å²) in [5, 5.41) is 4.46. The first-order valence-corrected chi connectivity index (χ1v) is 10.7. The molecule has 1 aliphatic rings. The summed E-state index contributed by atoms with van der Waals surface area (Å²) in [5.41, 5.74) is 1.23. The average molecular weight is 382 g/mol. The summed E-state index contributed by atoms with van der Waals surface area (Å²) in [6, 6.07) is 10.2. The van der Waals surface area contributed by atoms with Crippen molar-refractivity contribution in [2.75, 3.05) is 18.1 Å². The van der Waals surface area contributed by atoms with E-state index >= 15 is 0 Å². The molecule has 0 amide bonds. The van der Waals surface area contributed by atoms with Crippen molar-refractivity contribution < 1.29 is 12.8 Å². The summed E-state index contributed by atoms with van der Waals surface area (Å²) < 4.78 is 30.4. The van der Waals surface area contributed by atoms with Crippen LogP contribution in [0.2, 0.25) is 0 Å². The first-order valence-electron chi connectivity index (χ1n) is 8.48. The second-order valence-electron chi connectivity index (χ2n) is 6.51. The van der Waals surface area contributed by atoms with Crippen LogP contribution in [0.1, 0.15) is 24.8 Å². The summed E-state index contributed by atoms with van der Waals surface area (Å²) in [6.07, 6.45) is 1.20. The Bertz CT molecular complexity index is 859. The van der Waals surface area contributed by atoms with Gasteiger partial charge in [-0.05, 0) is 36.7 Å². The van der Waals surface area contributed by atoms with Gasteiger partial charge in [0, 0.05) is 13.0 Å². The highest BCUT2D eigenvalue weighted by Crippen LogP contribution is 2.22. The van der Waals surface area contributed by atoms with Gasteiger partial charge >= 0.3 is 0 Å². The number of sulfone groups is 1. The van der Waals surface area contributed by atoms with Gasteiger partial charge in [0.25, 0.3) is 4.84 Å². The van der Waals surface area contributed by atoms with Crippen LogP contribution in [-0.4, -0.2) is 41.1 Å². The Balaban J connectivity index is 1.64. The van der Waals surface area contributed by atoms with Crippen molar-refractivity contribution in [2.45, 2.75) is 33.0 Å². The highest BCUT2D eigenvalue weighted by atomic mass is 32.2. The lowest BCUT2D eigenvalue weighted by Crippen LogP contribution is -2.26. The van der Waals surface area contributed by atoms with E-state index in [1.165, 1.54) is 5.56 Å². The molecule has 136 valence electrons. The topological polar surface area (TPSA) is 68.3 Å². The maximum atomic E-state index is 11.6. The zero-order valence-corrected chi connectivity index (χ0v) is 15.9. The fourth-order valence-corrected chi connectivity index (χ4v) is 5.15. The summed E-state index contributed by atoms with van der Waals surface area (Å²) in [7, 11) is -2.89. The second kappa shape index (κ2) is 7.80. The molecule has 3 rings (SSSR count). The molecule has 1 aromatic carbocycles. The number of benzene rings is 1. The molecule has 0 radical (unpaired) electrons. The molecule has 1 aromatic heterocycles. The van der Waals surface area contributed by atoms with Gasteiger partial charge in [-0.3, -0.25) is 4.90 Å². The predicted molar refractivity (Wildman–Crippen MR) is 98.3 cm³/mol. The Hall–Kier alpha value is -1.51. The van der Waals surface area contributed by atoms with Gasteiger partial charge in [0.15, 0.2) is 9.84 Å². The summed E-state index contributed by atoms with van der Waals surface area (Å²) in [6.45, 7) is 4.32. The number of hydrogen-bond acceptors (Lipinski definition) is 6. The van der Waals surface area contributed by atoms with Crippen LogP contribution in [0, 0.1) is 10.8 Å². The molecule has 0 saturated carbocycles. The molecule has 8 heteroatoms. The number of aromatic nitrogens is 2. The van der Waals surface area contributed by atoms with Gasteiger partial charge in [-0.1, -0.05) is 37.3 Å². The van der Waals surface area contributed by atoms with E-state index in [4.69, 9.17) is 16.6 Å². The summed E-state index contributed by atoms with van der Waals surface area (Å²) in [4.78, 5) is 2.56. The Morgan fingerprint density at radius 1 is 1.36 bits per heavy atom.